The SMILES string of the molecule is CCCC(=O)c1cnn2ccc(N3CCOCC3c3cc(F)cnc3CC)nc12. The van der Waals surface area contributed by atoms with Gasteiger partial charge in [0.25, 0.3) is 0 Å². The van der Waals surface area contributed by atoms with Gasteiger partial charge in [0.15, 0.2) is 11.4 Å². The molecule has 4 heterocycles. The Kier molecular flexibility index (Phi) is 5.53. The molecule has 1 unspecified atom stereocenters. The largest absolute Gasteiger partial charge is 0.377 e. The number of ketones is 1. The molecule has 1 fully saturated rings. The molecule has 0 aliphatic carbocycles. The Morgan fingerprint density at radius 3 is 3.00 bits per heavy atom. The van der Waals surface area contributed by atoms with E-state index in [1.54, 1.807) is 16.9 Å². The number of aryl methyl sites for hydroxylation is 1. The summed E-state index contributed by atoms with van der Waals surface area (Å²) in [5.74, 6) is 0.380. The quantitative estimate of drug-likeness (QED) is 0.594. The summed E-state index contributed by atoms with van der Waals surface area (Å²) >= 11 is 0. The predicted octanol–water partition coefficient (Wildman–Crippen LogP) is 3.39. The molecule has 0 spiro atoms. The van der Waals surface area contributed by atoms with Gasteiger partial charge in [0.05, 0.1) is 37.2 Å². The first-order chi connectivity index (χ1) is 14.1. The summed E-state index contributed by atoms with van der Waals surface area (Å²) in [5, 5.41) is 4.25. The molecule has 4 rings (SSSR count). The normalized spacial score (nSPS) is 17.1. The summed E-state index contributed by atoms with van der Waals surface area (Å²) in [6.07, 6.45) is 6.56. The lowest BCUT2D eigenvalue weighted by molar-refractivity contribution is 0.0932. The second-order valence-electron chi connectivity index (χ2n) is 7.11. The van der Waals surface area contributed by atoms with Crippen molar-refractivity contribution in [1.29, 1.82) is 0 Å². The van der Waals surface area contributed by atoms with Crippen molar-refractivity contribution >= 4 is 17.2 Å². The topological polar surface area (TPSA) is 72.6 Å². The van der Waals surface area contributed by atoms with Crippen LogP contribution in [0, 0.1) is 5.82 Å². The van der Waals surface area contributed by atoms with Gasteiger partial charge in [-0.2, -0.15) is 5.10 Å². The van der Waals surface area contributed by atoms with Crippen molar-refractivity contribution in [2.24, 2.45) is 0 Å². The first kappa shape index (κ1) is 19.4. The third-order valence-electron chi connectivity index (χ3n) is 5.22. The fourth-order valence-corrected chi connectivity index (χ4v) is 3.78. The molecule has 0 bridgehead atoms. The molecular weight excluding hydrogens is 373 g/mol. The van der Waals surface area contributed by atoms with E-state index in [-0.39, 0.29) is 17.6 Å². The van der Waals surface area contributed by atoms with Crippen LogP contribution in [0.4, 0.5) is 10.2 Å². The molecule has 29 heavy (non-hydrogen) atoms. The number of rotatable bonds is 6. The van der Waals surface area contributed by atoms with E-state index >= 15 is 0 Å². The standard InChI is InChI=1S/C21H24FN5O2/c1-3-5-19(28)16-12-24-27-7-6-20(25-21(16)27)26-8-9-29-13-18(26)15-10-14(22)11-23-17(15)4-2/h6-7,10-12,18H,3-5,8-9,13H2,1-2H3. The number of halogens is 1. The molecule has 7 nitrogen and oxygen atoms in total. The predicted molar refractivity (Wildman–Crippen MR) is 107 cm³/mol. The van der Waals surface area contributed by atoms with Crippen LogP contribution in [0.1, 0.15) is 54.3 Å². The average Bonchev–Trinajstić information content (AvgIpc) is 3.17. The summed E-state index contributed by atoms with van der Waals surface area (Å²) < 4.78 is 21.3. The van der Waals surface area contributed by atoms with Crippen LogP contribution in [0.15, 0.2) is 30.7 Å². The van der Waals surface area contributed by atoms with Crippen molar-refractivity contribution in [2.75, 3.05) is 24.7 Å². The fourth-order valence-electron chi connectivity index (χ4n) is 3.78. The summed E-state index contributed by atoms with van der Waals surface area (Å²) in [4.78, 5) is 23.5. The third-order valence-corrected chi connectivity index (χ3v) is 5.22. The second kappa shape index (κ2) is 8.24. The van der Waals surface area contributed by atoms with Crippen LogP contribution in [0.2, 0.25) is 0 Å². The Labute approximate surface area is 168 Å². The van der Waals surface area contributed by atoms with Gasteiger partial charge in [-0.15, -0.1) is 0 Å². The number of anilines is 1. The van der Waals surface area contributed by atoms with Crippen molar-refractivity contribution in [3.8, 4) is 0 Å². The van der Waals surface area contributed by atoms with Crippen molar-refractivity contribution < 1.29 is 13.9 Å². The van der Waals surface area contributed by atoms with E-state index in [1.807, 2.05) is 19.9 Å². The minimum absolute atomic E-state index is 0.0354. The minimum Gasteiger partial charge on any atom is -0.377 e. The number of hydrogen-bond acceptors (Lipinski definition) is 6. The van der Waals surface area contributed by atoms with Gasteiger partial charge >= 0.3 is 0 Å². The van der Waals surface area contributed by atoms with Gasteiger partial charge < -0.3 is 9.64 Å². The highest BCUT2D eigenvalue weighted by Crippen LogP contribution is 2.31. The van der Waals surface area contributed by atoms with Gasteiger partial charge in [0.2, 0.25) is 0 Å². The molecule has 1 saturated heterocycles. The molecule has 3 aromatic heterocycles. The molecule has 152 valence electrons. The van der Waals surface area contributed by atoms with Crippen molar-refractivity contribution in [3.05, 3.63) is 53.4 Å². The van der Waals surface area contributed by atoms with Gasteiger partial charge in [-0.25, -0.2) is 13.9 Å². The highest BCUT2D eigenvalue weighted by Gasteiger charge is 2.29. The zero-order valence-corrected chi connectivity index (χ0v) is 16.6. The molecular formula is C21H24FN5O2. The number of hydrogen-bond donors (Lipinski definition) is 0. The van der Waals surface area contributed by atoms with Gasteiger partial charge in [0.1, 0.15) is 11.6 Å². The van der Waals surface area contributed by atoms with Gasteiger partial charge in [-0.05, 0) is 25.0 Å². The highest BCUT2D eigenvalue weighted by molar-refractivity contribution is 6.01. The van der Waals surface area contributed by atoms with Gasteiger partial charge in [-0.1, -0.05) is 13.8 Å². The summed E-state index contributed by atoms with van der Waals surface area (Å²) in [5.41, 5.74) is 2.72. The zero-order valence-electron chi connectivity index (χ0n) is 16.6. The molecule has 0 radical (unpaired) electrons. The first-order valence-corrected chi connectivity index (χ1v) is 9.98. The Morgan fingerprint density at radius 2 is 2.21 bits per heavy atom. The van der Waals surface area contributed by atoms with E-state index in [1.165, 1.54) is 12.3 Å². The molecule has 0 N–H and O–H groups in total. The lowest BCUT2D eigenvalue weighted by atomic mass is 10.0. The number of ether oxygens (including phenoxy) is 1. The van der Waals surface area contributed by atoms with Crippen LogP contribution in [-0.4, -0.2) is 45.1 Å². The fraction of sp³-hybridized carbons (Fsp3) is 0.429. The number of carbonyl (C=O) groups is 1. The third kappa shape index (κ3) is 3.72. The van der Waals surface area contributed by atoms with Crippen LogP contribution in [0.3, 0.4) is 0 Å². The van der Waals surface area contributed by atoms with E-state index in [4.69, 9.17) is 9.72 Å². The van der Waals surface area contributed by atoms with E-state index in [9.17, 15) is 9.18 Å². The van der Waals surface area contributed by atoms with Crippen LogP contribution in [-0.2, 0) is 11.2 Å². The highest BCUT2D eigenvalue weighted by atomic mass is 19.1. The Morgan fingerprint density at radius 1 is 1.34 bits per heavy atom. The summed E-state index contributed by atoms with van der Waals surface area (Å²) in [6, 6.07) is 3.20. The van der Waals surface area contributed by atoms with E-state index in [2.05, 4.69) is 15.0 Å². The smallest absolute Gasteiger partial charge is 0.168 e. The van der Waals surface area contributed by atoms with Crippen molar-refractivity contribution in [1.82, 2.24) is 19.6 Å². The number of nitrogens with zero attached hydrogens (tertiary/aromatic N) is 5. The average molecular weight is 397 g/mol. The maximum Gasteiger partial charge on any atom is 0.168 e. The van der Waals surface area contributed by atoms with Gasteiger partial charge in [0, 0.05) is 30.4 Å². The van der Waals surface area contributed by atoms with Crippen LogP contribution >= 0.6 is 0 Å². The summed E-state index contributed by atoms with van der Waals surface area (Å²) in [7, 11) is 0. The number of pyridine rings is 1. The maximum atomic E-state index is 14.0. The molecule has 1 aliphatic rings. The minimum atomic E-state index is -0.366. The molecule has 0 aromatic carbocycles. The van der Waals surface area contributed by atoms with E-state index in [0.717, 1.165) is 17.7 Å². The molecule has 1 atom stereocenters. The Balaban J connectivity index is 1.76. The molecule has 0 saturated carbocycles. The van der Waals surface area contributed by atoms with Crippen LogP contribution in [0.5, 0.6) is 0 Å². The monoisotopic (exact) mass is 397 g/mol. The maximum absolute atomic E-state index is 14.0. The molecule has 0 amide bonds. The lowest BCUT2D eigenvalue weighted by Gasteiger charge is -2.37. The Bertz CT molecular complexity index is 1040. The van der Waals surface area contributed by atoms with Crippen LogP contribution < -0.4 is 4.90 Å². The molecule has 3 aromatic rings. The summed E-state index contributed by atoms with van der Waals surface area (Å²) in [6.45, 7) is 5.55. The number of Topliss-reactive ketones (excluding diaryl/α,β-unsaturated/α-hetero) is 1. The number of fused-ring (bicyclic) bond motifs is 1. The Hall–Kier alpha value is -2.87. The van der Waals surface area contributed by atoms with Crippen molar-refractivity contribution in [3.63, 3.8) is 0 Å². The number of morpholine rings is 1. The zero-order chi connectivity index (χ0) is 20.4. The van der Waals surface area contributed by atoms with E-state index in [0.29, 0.717) is 49.6 Å². The van der Waals surface area contributed by atoms with Crippen molar-refractivity contribution in [2.45, 2.75) is 39.2 Å². The molecule has 8 heteroatoms. The van der Waals surface area contributed by atoms with E-state index < -0.39 is 0 Å². The first-order valence-electron chi connectivity index (χ1n) is 9.98. The number of aromatic nitrogens is 4. The molecule has 1 aliphatic heterocycles. The lowest BCUT2D eigenvalue weighted by Crippen LogP contribution is -2.40. The van der Waals surface area contributed by atoms with Crippen LogP contribution in [0.25, 0.3) is 5.65 Å². The second-order valence-corrected chi connectivity index (χ2v) is 7.11. The van der Waals surface area contributed by atoms with Gasteiger partial charge in [-0.3, -0.25) is 9.78 Å². The number of carbonyl (C=O) groups excluding carboxylic acids is 1.